The molecule has 1 atom stereocenters. The second-order valence-electron chi connectivity index (χ2n) is 2.88. The molecule has 1 aromatic carbocycles. The van der Waals surface area contributed by atoms with Gasteiger partial charge in [0.1, 0.15) is 7.85 Å². The van der Waals surface area contributed by atoms with Crippen LogP contribution in [0.3, 0.4) is 0 Å². The summed E-state index contributed by atoms with van der Waals surface area (Å²) in [6.45, 7) is 1.95. The summed E-state index contributed by atoms with van der Waals surface area (Å²) >= 11 is 5.90. The van der Waals surface area contributed by atoms with Gasteiger partial charge < -0.3 is 5.11 Å². The van der Waals surface area contributed by atoms with Gasteiger partial charge in [0.05, 0.1) is 6.10 Å². The van der Waals surface area contributed by atoms with Crippen LogP contribution in [0.15, 0.2) is 18.2 Å². The van der Waals surface area contributed by atoms with Crippen LogP contribution in [-0.4, -0.2) is 13.0 Å². The minimum atomic E-state index is -0.385. The number of benzene rings is 1. The Hall–Kier alpha value is -0.465. The van der Waals surface area contributed by atoms with E-state index in [1.165, 1.54) is 0 Å². The highest BCUT2D eigenvalue weighted by atomic mass is 35.5. The summed E-state index contributed by atoms with van der Waals surface area (Å²) < 4.78 is 0. The lowest BCUT2D eigenvalue weighted by atomic mass is 9.87. The normalized spacial score (nSPS) is 12.9. The molecule has 0 heterocycles. The molecule has 3 heteroatoms. The van der Waals surface area contributed by atoms with E-state index in [9.17, 15) is 5.11 Å². The quantitative estimate of drug-likeness (QED) is 0.678. The van der Waals surface area contributed by atoms with Crippen molar-refractivity contribution in [2.45, 2.75) is 19.4 Å². The first-order valence-corrected chi connectivity index (χ1v) is 4.47. The number of hydrogen-bond donors (Lipinski definition) is 1. The van der Waals surface area contributed by atoms with E-state index in [1.807, 2.05) is 33.0 Å². The second-order valence-corrected chi connectivity index (χ2v) is 3.29. The fourth-order valence-corrected chi connectivity index (χ4v) is 1.39. The van der Waals surface area contributed by atoms with Crippen LogP contribution in [0.2, 0.25) is 5.02 Å². The molecule has 0 fully saturated rings. The Morgan fingerprint density at radius 1 is 1.58 bits per heavy atom. The lowest BCUT2D eigenvalue weighted by molar-refractivity contribution is 0.175. The van der Waals surface area contributed by atoms with Gasteiger partial charge in [0, 0.05) is 5.02 Å². The Morgan fingerprint density at radius 2 is 2.25 bits per heavy atom. The van der Waals surface area contributed by atoms with Crippen LogP contribution in [0.25, 0.3) is 0 Å². The van der Waals surface area contributed by atoms with Crippen molar-refractivity contribution in [1.82, 2.24) is 0 Å². The largest absolute Gasteiger partial charge is 0.388 e. The maximum atomic E-state index is 9.58. The van der Waals surface area contributed by atoms with Gasteiger partial charge in [-0.25, -0.2) is 0 Å². The summed E-state index contributed by atoms with van der Waals surface area (Å²) in [5.74, 6) is 0. The van der Waals surface area contributed by atoms with Gasteiger partial charge in [-0.05, 0) is 18.1 Å². The van der Waals surface area contributed by atoms with Crippen LogP contribution in [0.5, 0.6) is 0 Å². The van der Waals surface area contributed by atoms with E-state index in [0.29, 0.717) is 0 Å². The number of halogens is 1. The summed E-state index contributed by atoms with van der Waals surface area (Å²) in [7, 11) is 1.93. The van der Waals surface area contributed by atoms with Gasteiger partial charge >= 0.3 is 0 Å². The lowest BCUT2D eigenvalue weighted by Crippen LogP contribution is -2.14. The summed E-state index contributed by atoms with van der Waals surface area (Å²) in [5.41, 5.74) is 1.92. The summed E-state index contributed by atoms with van der Waals surface area (Å²) in [4.78, 5) is 0. The van der Waals surface area contributed by atoms with Crippen molar-refractivity contribution < 1.29 is 5.11 Å². The van der Waals surface area contributed by atoms with Crippen molar-refractivity contribution in [2.75, 3.05) is 0 Å². The predicted molar refractivity (Wildman–Crippen MR) is 54.9 cm³/mol. The number of aliphatic hydroxyl groups is 1. The standard InChI is InChI=1S/C9H12BClO/c1-2-8(12)6-4-3-5-7(11)9(6)10/h3-5,8,12H,2,10H2,1H3/t8-/m1/s1. The van der Waals surface area contributed by atoms with Gasteiger partial charge in [0.25, 0.3) is 0 Å². The molecule has 0 bridgehead atoms. The molecule has 1 rings (SSSR count). The highest BCUT2D eigenvalue weighted by Crippen LogP contribution is 2.16. The van der Waals surface area contributed by atoms with Crippen LogP contribution in [-0.2, 0) is 0 Å². The molecular formula is C9H12BClO. The second kappa shape index (κ2) is 3.97. The van der Waals surface area contributed by atoms with Crippen LogP contribution in [0.1, 0.15) is 25.0 Å². The Labute approximate surface area is 78.8 Å². The third-order valence-electron chi connectivity index (χ3n) is 2.06. The van der Waals surface area contributed by atoms with Gasteiger partial charge in [0.2, 0.25) is 0 Å². The van der Waals surface area contributed by atoms with Gasteiger partial charge in [-0.2, -0.15) is 0 Å². The van der Waals surface area contributed by atoms with Crippen molar-refractivity contribution in [3.8, 4) is 0 Å². The first kappa shape index (κ1) is 9.62. The summed E-state index contributed by atoms with van der Waals surface area (Å²) in [6.07, 6.45) is 0.338. The monoisotopic (exact) mass is 182 g/mol. The van der Waals surface area contributed by atoms with Gasteiger partial charge in [0.15, 0.2) is 0 Å². The van der Waals surface area contributed by atoms with E-state index in [2.05, 4.69) is 0 Å². The fraction of sp³-hybridized carbons (Fsp3) is 0.333. The molecular weight excluding hydrogens is 170 g/mol. The third kappa shape index (κ3) is 1.82. The van der Waals surface area contributed by atoms with E-state index >= 15 is 0 Å². The van der Waals surface area contributed by atoms with Gasteiger partial charge in [-0.1, -0.05) is 36.1 Å². The minimum Gasteiger partial charge on any atom is -0.388 e. The Kier molecular flexibility index (Phi) is 3.18. The Balaban J connectivity index is 3.07. The topological polar surface area (TPSA) is 20.2 Å². The lowest BCUT2D eigenvalue weighted by Gasteiger charge is -2.12. The van der Waals surface area contributed by atoms with Crippen molar-refractivity contribution in [3.63, 3.8) is 0 Å². The molecule has 1 aromatic rings. The highest BCUT2D eigenvalue weighted by Gasteiger charge is 2.08. The van der Waals surface area contributed by atoms with Crippen LogP contribution in [0.4, 0.5) is 0 Å². The number of aliphatic hydroxyl groups excluding tert-OH is 1. The summed E-state index contributed by atoms with van der Waals surface area (Å²) in [6, 6.07) is 5.61. The minimum absolute atomic E-state index is 0.385. The average Bonchev–Trinajstić information content (AvgIpc) is 2.08. The number of rotatable bonds is 2. The zero-order valence-electron chi connectivity index (χ0n) is 7.34. The predicted octanol–water partition coefficient (Wildman–Crippen LogP) is 1.04. The first-order chi connectivity index (χ1) is 5.66. The molecule has 0 aromatic heterocycles. The van der Waals surface area contributed by atoms with E-state index in [4.69, 9.17) is 11.6 Å². The molecule has 1 nitrogen and oxygen atoms in total. The number of hydrogen-bond acceptors (Lipinski definition) is 1. The maximum Gasteiger partial charge on any atom is 0.141 e. The molecule has 0 saturated heterocycles. The van der Waals surface area contributed by atoms with Gasteiger partial charge in [-0.3, -0.25) is 0 Å². The molecule has 1 N–H and O–H groups in total. The molecule has 0 unspecified atom stereocenters. The average molecular weight is 182 g/mol. The van der Waals surface area contributed by atoms with Crippen molar-refractivity contribution in [1.29, 1.82) is 0 Å². The molecule has 0 saturated carbocycles. The molecule has 64 valence electrons. The van der Waals surface area contributed by atoms with Crippen LogP contribution < -0.4 is 5.46 Å². The molecule has 0 radical (unpaired) electrons. The molecule has 12 heavy (non-hydrogen) atoms. The zero-order valence-corrected chi connectivity index (χ0v) is 8.10. The zero-order chi connectivity index (χ0) is 9.14. The van der Waals surface area contributed by atoms with E-state index in [-0.39, 0.29) is 6.10 Å². The molecule has 0 aliphatic carbocycles. The Morgan fingerprint density at radius 3 is 2.83 bits per heavy atom. The summed E-state index contributed by atoms with van der Waals surface area (Å²) in [5, 5.41) is 10.3. The third-order valence-corrected chi connectivity index (χ3v) is 2.46. The van der Waals surface area contributed by atoms with Crippen LogP contribution in [0, 0.1) is 0 Å². The van der Waals surface area contributed by atoms with E-state index in [0.717, 1.165) is 22.5 Å². The first-order valence-electron chi connectivity index (χ1n) is 4.10. The molecule has 0 spiro atoms. The SMILES string of the molecule is Bc1c(Cl)cccc1[C@H](O)CC. The van der Waals surface area contributed by atoms with Gasteiger partial charge in [-0.15, -0.1) is 0 Å². The van der Waals surface area contributed by atoms with Crippen molar-refractivity contribution >= 4 is 24.9 Å². The smallest absolute Gasteiger partial charge is 0.141 e. The van der Waals surface area contributed by atoms with Crippen molar-refractivity contribution in [2.24, 2.45) is 0 Å². The van der Waals surface area contributed by atoms with Crippen LogP contribution >= 0.6 is 11.6 Å². The van der Waals surface area contributed by atoms with Crippen molar-refractivity contribution in [3.05, 3.63) is 28.8 Å². The molecule has 0 aliphatic rings. The molecule has 0 aliphatic heterocycles. The fourth-order valence-electron chi connectivity index (χ4n) is 1.21. The van der Waals surface area contributed by atoms with E-state index in [1.54, 1.807) is 0 Å². The highest BCUT2D eigenvalue weighted by molar-refractivity contribution is 6.45. The Bertz CT molecular complexity index is 275. The maximum absolute atomic E-state index is 9.58. The van der Waals surface area contributed by atoms with E-state index < -0.39 is 0 Å². The molecule has 0 amide bonds.